The number of fused-ring (bicyclic) bond motifs is 1. The van der Waals surface area contributed by atoms with Gasteiger partial charge in [0.05, 0.1) is 0 Å². The number of carbonyl (C=O) groups is 1. The molecule has 0 amide bonds. The third kappa shape index (κ3) is 2.98. The molecule has 0 fully saturated rings. The first-order chi connectivity index (χ1) is 10.2. The third-order valence-electron chi connectivity index (χ3n) is 3.35. The molecule has 0 aromatic heterocycles. The molecule has 0 bridgehead atoms. The topological polar surface area (TPSA) is 26.3 Å². The van der Waals surface area contributed by atoms with Gasteiger partial charge in [0, 0.05) is 10.0 Å². The summed E-state index contributed by atoms with van der Waals surface area (Å²) in [5.41, 5.74) is 1.61. The van der Waals surface area contributed by atoms with E-state index in [1.54, 1.807) is 12.1 Å². The van der Waals surface area contributed by atoms with E-state index in [-0.39, 0.29) is 0 Å². The van der Waals surface area contributed by atoms with Crippen LogP contribution in [0.3, 0.4) is 0 Å². The molecule has 0 radical (unpaired) electrons. The van der Waals surface area contributed by atoms with E-state index in [0.717, 1.165) is 32.8 Å². The molecule has 0 saturated heterocycles. The molecule has 0 heterocycles. The van der Waals surface area contributed by atoms with Crippen LogP contribution >= 0.6 is 15.9 Å². The second-order valence-corrected chi connectivity index (χ2v) is 5.81. The number of hydrogen-bond acceptors (Lipinski definition) is 2. The summed E-state index contributed by atoms with van der Waals surface area (Å²) in [7, 11) is 0. The Labute approximate surface area is 131 Å². The fourth-order valence-electron chi connectivity index (χ4n) is 2.19. The van der Waals surface area contributed by atoms with Gasteiger partial charge in [-0.2, -0.15) is 0 Å². The Morgan fingerprint density at radius 1 is 0.952 bits per heavy atom. The lowest BCUT2D eigenvalue weighted by Gasteiger charge is -2.10. The lowest BCUT2D eigenvalue weighted by molar-refractivity contribution is 0.112. The van der Waals surface area contributed by atoms with Crippen LogP contribution in [-0.2, 0) is 0 Å². The van der Waals surface area contributed by atoms with Gasteiger partial charge >= 0.3 is 0 Å². The summed E-state index contributed by atoms with van der Waals surface area (Å²) in [5.74, 6) is 1.46. The largest absolute Gasteiger partial charge is 0.457 e. The van der Waals surface area contributed by atoms with Crippen LogP contribution < -0.4 is 4.74 Å². The molecule has 3 rings (SSSR count). The highest BCUT2D eigenvalue weighted by atomic mass is 79.9. The van der Waals surface area contributed by atoms with Gasteiger partial charge in [0.15, 0.2) is 0 Å². The quantitative estimate of drug-likeness (QED) is 0.587. The number of rotatable bonds is 3. The summed E-state index contributed by atoms with van der Waals surface area (Å²) in [6.07, 6.45) is 0.824. The van der Waals surface area contributed by atoms with Gasteiger partial charge < -0.3 is 4.74 Å². The van der Waals surface area contributed by atoms with Crippen LogP contribution in [0.1, 0.15) is 15.9 Å². The fourth-order valence-corrected chi connectivity index (χ4v) is 2.56. The Balaban J connectivity index is 1.98. The van der Waals surface area contributed by atoms with Gasteiger partial charge in [0.2, 0.25) is 0 Å². The lowest BCUT2D eigenvalue weighted by Crippen LogP contribution is -1.90. The number of carbonyl (C=O) groups excluding carboxylic acids is 1. The molecular formula is C18H13BrO2. The molecule has 104 valence electrons. The number of halogens is 1. The van der Waals surface area contributed by atoms with Crippen molar-refractivity contribution in [1.82, 2.24) is 0 Å². The van der Waals surface area contributed by atoms with Crippen LogP contribution in [0.4, 0.5) is 0 Å². The molecule has 0 aliphatic rings. The molecule has 3 aromatic rings. The van der Waals surface area contributed by atoms with Crippen molar-refractivity contribution in [3.05, 3.63) is 70.2 Å². The molecule has 0 aliphatic carbocycles. The number of aryl methyl sites for hydroxylation is 1. The molecule has 3 aromatic carbocycles. The molecule has 21 heavy (non-hydrogen) atoms. The van der Waals surface area contributed by atoms with Crippen molar-refractivity contribution < 1.29 is 9.53 Å². The molecule has 2 nitrogen and oxygen atoms in total. The summed E-state index contributed by atoms with van der Waals surface area (Å²) >= 11 is 3.47. The molecule has 0 spiro atoms. The van der Waals surface area contributed by atoms with Gasteiger partial charge in [-0.1, -0.05) is 40.2 Å². The minimum atomic E-state index is 0.611. The first-order valence-corrected chi connectivity index (χ1v) is 7.38. The van der Waals surface area contributed by atoms with E-state index in [4.69, 9.17) is 4.74 Å². The lowest BCUT2D eigenvalue weighted by atomic mass is 10.1. The van der Waals surface area contributed by atoms with Crippen LogP contribution in [0.5, 0.6) is 11.5 Å². The Morgan fingerprint density at radius 2 is 1.71 bits per heavy atom. The van der Waals surface area contributed by atoms with E-state index >= 15 is 0 Å². The van der Waals surface area contributed by atoms with Crippen LogP contribution in [-0.4, -0.2) is 6.29 Å². The summed E-state index contributed by atoms with van der Waals surface area (Å²) in [5, 5.41) is 2.26. The number of benzene rings is 3. The average molecular weight is 341 g/mol. The predicted octanol–water partition coefficient (Wildman–Crippen LogP) is 5.52. The summed E-state index contributed by atoms with van der Waals surface area (Å²) < 4.78 is 6.97. The van der Waals surface area contributed by atoms with Crippen molar-refractivity contribution in [3.8, 4) is 11.5 Å². The SMILES string of the molecule is Cc1ccc(C=O)cc1Oc1ccc2cc(Br)ccc2c1. The first-order valence-electron chi connectivity index (χ1n) is 6.59. The maximum absolute atomic E-state index is 10.9. The minimum Gasteiger partial charge on any atom is -0.457 e. The highest BCUT2D eigenvalue weighted by Crippen LogP contribution is 2.29. The number of aldehydes is 1. The number of hydrogen-bond donors (Lipinski definition) is 0. The minimum absolute atomic E-state index is 0.611. The molecule has 0 atom stereocenters. The maximum Gasteiger partial charge on any atom is 0.150 e. The van der Waals surface area contributed by atoms with E-state index in [1.165, 1.54) is 0 Å². The van der Waals surface area contributed by atoms with Crippen molar-refractivity contribution in [1.29, 1.82) is 0 Å². The van der Waals surface area contributed by atoms with Crippen molar-refractivity contribution in [2.45, 2.75) is 6.92 Å². The van der Waals surface area contributed by atoms with Crippen molar-refractivity contribution in [2.75, 3.05) is 0 Å². The van der Waals surface area contributed by atoms with E-state index in [0.29, 0.717) is 11.3 Å². The molecule has 0 N–H and O–H groups in total. The Morgan fingerprint density at radius 3 is 2.52 bits per heavy atom. The maximum atomic E-state index is 10.9. The zero-order chi connectivity index (χ0) is 14.8. The second-order valence-electron chi connectivity index (χ2n) is 4.90. The summed E-state index contributed by atoms with van der Waals surface area (Å²) in [4.78, 5) is 10.9. The van der Waals surface area contributed by atoms with E-state index in [2.05, 4.69) is 22.0 Å². The molecule has 0 unspecified atom stereocenters. The molecular weight excluding hydrogens is 328 g/mol. The number of ether oxygens (including phenoxy) is 1. The van der Waals surface area contributed by atoms with Gasteiger partial charge in [-0.15, -0.1) is 0 Å². The molecule has 3 heteroatoms. The molecule has 0 saturated carbocycles. The van der Waals surface area contributed by atoms with Crippen LogP contribution in [0.25, 0.3) is 10.8 Å². The van der Waals surface area contributed by atoms with Gasteiger partial charge in [-0.3, -0.25) is 4.79 Å². The fraction of sp³-hybridized carbons (Fsp3) is 0.0556. The van der Waals surface area contributed by atoms with E-state index < -0.39 is 0 Å². The van der Waals surface area contributed by atoms with Crippen molar-refractivity contribution >= 4 is 33.0 Å². The summed E-state index contributed by atoms with van der Waals surface area (Å²) in [6, 6.07) is 17.5. The highest BCUT2D eigenvalue weighted by Gasteiger charge is 2.04. The Bertz CT molecular complexity index is 825. The predicted molar refractivity (Wildman–Crippen MR) is 88.3 cm³/mol. The van der Waals surface area contributed by atoms with Crippen LogP contribution in [0.15, 0.2) is 59.1 Å². The van der Waals surface area contributed by atoms with Gasteiger partial charge in [0.1, 0.15) is 17.8 Å². The third-order valence-corrected chi connectivity index (χ3v) is 3.84. The van der Waals surface area contributed by atoms with Crippen LogP contribution in [0.2, 0.25) is 0 Å². The van der Waals surface area contributed by atoms with Gasteiger partial charge in [-0.05, 0) is 53.6 Å². The van der Waals surface area contributed by atoms with E-state index in [1.807, 2.05) is 43.3 Å². The second kappa shape index (κ2) is 5.70. The Kier molecular flexibility index (Phi) is 3.76. The van der Waals surface area contributed by atoms with E-state index in [9.17, 15) is 4.79 Å². The van der Waals surface area contributed by atoms with Gasteiger partial charge in [-0.25, -0.2) is 0 Å². The van der Waals surface area contributed by atoms with Crippen molar-refractivity contribution in [2.24, 2.45) is 0 Å². The zero-order valence-electron chi connectivity index (χ0n) is 11.5. The summed E-state index contributed by atoms with van der Waals surface area (Å²) in [6.45, 7) is 1.96. The normalized spacial score (nSPS) is 10.6. The molecule has 0 aliphatic heterocycles. The monoisotopic (exact) mass is 340 g/mol. The highest BCUT2D eigenvalue weighted by molar-refractivity contribution is 9.10. The average Bonchev–Trinajstić information content (AvgIpc) is 2.49. The van der Waals surface area contributed by atoms with Crippen molar-refractivity contribution in [3.63, 3.8) is 0 Å². The smallest absolute Gasteiger partial charge is 0.150 e. The standard InChI is InChI=1S/C18H13BrO2/c1-12-2-3-13(11-20)8-18(12)21-17-7-5-14-9-16(19)6-4-15(14)10-17/h2-11H,1H3. The van der Waals surface area contributed by atoms with Crippen LogP contribution in [0, 0.1) is 6.92 Å². The Hall–Kier alpha value is -2.13. The van der Waals surface area contributed by atoms with Gasteiger partial charge in [0.25, 0.3) is 0 Å². The zero-order valence-corrected chi connectivity index (χ0v) is 13.1. The first kappa shape index (κ1) is 13.8.